The van der Waals surface area contributed by atoms with Gasteiger partial charge in [-0.05, 0) is 44.2 Å². The lowest BCUT2D eigenvalue weighted by molar-refractivity contribution is 0.0357. The molecule has 0 saturated carbocycles. The van der Waals surface area contributed by atoms with Gasteiger partial charge in [0.15, 0.2) is 0 Å². The van der Waals surface area contributed by atoms with Crippen LogP contribution in [0.3, 0.4) is 0 Å². The fraction of sp³-hybridized carbons (Fsp3) is 1.00. The second-order valence-electron chi connectivity index (χ2n) is 5.52. The summed E-state index contributed by atoms with van der Waals surface area (Å²) in [5.41, 5.74) is 0.403. The molecule has 0 N–H and O–H groups in total. The lowest BCUT2D eigenvalue weighted by Crippen LogP contribution is -2.27. The predicted octanol–water partition coefficient (Wildman–Crippen LogP) is 3.32. The van der Waals surface area contributed by atoms with E-state index in [1.54, 1.807) is 0 Å². The third-order valence-corrected chi connectivity index (χ3v) is 3.91. The van der Waals surface area contributed by atoms with Gasteiger partial charge in [0.2, 0.25) is 0 Å². The number of hydrogen-bond acceptors (Lipinski definition) is 2. The van der Waals surface area contributed by atoms with Crippen molar-refractivity contribution < 1.29 is 4.74 Å². The van der Waals surface area contributed by atoms with Crippen LogP contribution >= 0.6 is 0 Å². The number of rotatable bonds is 8. The molecular weight excluding hydrogens is 198 g/mol. The number of nitrogens with zero attached hydrogens (tertiary/aromatic N) is 1. The molecule has 16 heavy (non-hydrogen) atoms. The van der Waals surface area contributed by atoms with E-state index in [2.05, 4.69) is 25.7 Å². The molecule has 2 nitrogen and oxygen atoms in total. The summed E-state index contributed by atoms with van der Waals surface area (Å²) in [6, 6.07) is 0. The maximum absolute atomic E-state index is 5.86. The van der Waals surface area contributed by atoms with Crippen molar-refractivity contribution in [1.29, 1.82) is 0 Å². The highest BCUT2D eigenvalue weighted by Gasteiger charge is 2.21. The molecule has 1 aliphatic heterocycles. The molecule has 1 fully saturated rings. The largest absolute Gasteiger partial charge is 0.380 e. The van der Waals surface area contributed by atoms with Crippen molar-refractivity contribution in [1.82, 2.24) is 4.90 Å². The van der Waals surface area contributed by atoms with Gasteiger partial charge in [-0.2, -0.15) is 0 Å². The number of likely N-dealkylation sites (tertiary alicyclic amines) is 1. The van der Waals surface area contributed by atoms with Crippen LogP contribution in [0.5, 0.6) is 0 Å². The van der Waals surface area contributed by atoms with Crippen LogP contribution in [0.1, 0.15) is 52.9 Å². The standard InChI is InChI=1S/C14H29NO/c1-4-8-14(3,5-2)13-16-12-11-15-9-6-7-10-15/h4-13H2,1-3H3. The maximum Gasteiger partial charge on any atom is 0.0593 e. The maximum atomic E-state index is 5.86. The first-order valence-electron chi connectivity index (χ1n) is 7.00. The van der Waals surface area contributed by atoms with Gasteiger partial charge in [-0.15, -0.1) is 0 Å². The molecule has 1 rings (SSSR count). The van der Waals surface area contributed by atoms with Gasteiger partial charge in [-0.3, -0.25) is 0 Å². The van der Waals surface area contributed by atoms with Crippen molar-refractivity contribution in [2.75, 3.05) is 32.8 Å². The third-order valence-electron chi connectivity index (χ3n) is 3.91. The Balaban J connectivity index is 2.08. The minimum absolute atomic E-state index is 0.403. The Hall–Kier alpha value is -0.0800. The fourth-order valence-electron chi connectivity index (χ4n) is 2.47. The summed E-state index contributed by atoms with van der Waals surface area (Å²) >= 11 is 0. The monoisotopic (exact) mass is 227 g/mol. The molecule has 0 bridgehead atoms. The van der Waals surface area contributed by atoms with E-state index < -0.39 is 0 Å². The second kappa shape index (κ2) is 7.29. The van der Waals surface area contributed by atoms with Gasteiger partial charge < -0.3 is 9.64 Å². The van der Waals surface area contributed by atoms with Gasteiger partial charge in [-0.1, -0.05) is 27.2 Å². The Bertz CT molecular complexity index is 178. The zero-order valence-corrected chi connectivity index (χ0v) is 11.4. The molecule has 2 heteroatoms. The van der Waals surface area contributed by atoms with Crippen molar-refractivity contribution in [3.05, 3.63) is 0 Å². The average molecular weight is 227 g/mol. The first-order valence-corrected chi connectivity index (χ1v) is 7.00. The van der Waals surface area contributed by atoms with Crippen molar-refractivity contribution in [3.8, 4) is 0 Å². The van der Waals surface area contributed by atoms with Crippen LogP contribution in [0.15, 0.2) is 0 Å². The van der Waals surface area contributed by atoms with Crippen molar-refractivity contribution in [3.63, 3.8) is 0 Å². The smallest absolute Gasteiger partial charge is 0.0593 e. The van der Waals surface area contributed by atoms with E-state index >= 15 is 0 Å². The first-order chi connectivity index (χ1) is 7.70. The second-order valence-corrected chi connectivity index (χ2v) is 5.52. The van der Waals surface area contributed by atoms with E-state index in [4.69, 9.17) is 4.74 Å². The van der Waals surface area contributed by atoms with E-state index in [-0.39, 0.29) is 0 Å². The molecule has 1 saturated heterocycles. The van der Waals surface area contributed by atoms with Gasteiger partial charge in [-0.25, -0.2) is 0 Å². The Kier molecular flexibility index (Phi) is 6.37. The van der Waals surface area contributed by atoms with Crippen LogP contribution in [0.25, 0.3) is 0 Å². The molecule has 1 unspecified atom stereocenters. The highest BCUT2D eigenvalue weighted by Crippen LogP contribution is 2.27. The normalized spacial score (nSPS) is 21.2. The van der Waals surface area contributed by atoms with E-state index in [1.165, 1.54) is 45.2 Å². The van der Waals surface area contributed by atoms with E-state index in [1.807, 2.05) is 0 Å². The SMILES string of the molecule is CCCC(C)(CC)COCCN1CCCC1. The lowest BCUT2D eigenvalue weighted by Gasteiger charge is -2.28. The Labute approximate surface area is 101 Å². The van der Waals surface area contributed by atoms with Crippen LogP contribution in [-0.4, -0.2) is 37.7 Å². The quantitative estimate of drug-likeness (QED) is 0.590. The minimum Gasteiger partial charge on any atom is -0.380 e. The summed E-state index contributed by atoms with van der Waals surface area (Å²) in [6.45, 7) is 12.4. The highest BCUT2D eigenvalue weighted by atomic mass is 16.5. The molecule has 0 aromatic heterocycles. The Morgan fingerprint density at radius 3 is 2.44 bits per heavy atom. The molecule has 1 atom stereocenters. The summed E-state index contributed by atoms with van der Waals surface area (Å²) in [7, 11) is 0. The van der Waals surface area contributed by atoms with Gasteiger partial charge in [0.1, 0.15) is 0 Å². The third kappa shape index (κ3) is 4.84. The summed E-state index contributed by atoms with van der Waals surface area (Å²) in [5.74, 6) is 0. The van der Waals surface area contributed by atoms with Crippen LogP contribution in [0.4, 0.5) is 0 Å². The number of ether oxygens (including phenoxy) is 1. The van der Waals surface area contributed by atoms with E-state index in [9.17, 15) is 0 Å². The van der Waals surface area contributed by atoms with Crippen LogP contribution in [-0.2, 0) is 4.74 Å². The van der Waals surface area contributed by atoms with Crippen LogP contribution < -0.4 is 0 Å². The molecule has 0 amide bonds. The summed E-state index contributed by atoms with van der Waals surface area (Å²) in [4.78, 5) is 2.52. The summed E-state index contributed by atoms with van der Waals surface area (Å²) < 4.78 is 5.86. The molecule has 1 heterocycles. The molecule has 0 aliphatic carbocycles. The molecule has 96 valence electrons. The number of hydrogen-bond donors (Lipinski definition) is 0. The lowest BCUT2D eigenvalue weighted by atomic mass is 9.84. The van der Waals surface area contributed by atoms with Gasteiger partial charge in [0.05, 0.1) is 13.2 Å². The van der Waals surface area contributed by atoms with Gasteiger partial charge in [0.25, 0.3) is 0 Å². The zero-order chi connectivity index (χ0) is 11.9. The van der Waals surface area contributed by atoms with Crippen molar-refractivity contribution >= 4 is 0 Å². The molecular formula is C14H29NO. The average Bonchev–Trinajstić information content (AvgIpc) is 2.78. The molecule has 0 aromatic rings. The fourth-order valence-corrected chi connectivity index (χ4v) is 2.47. The predicted molar refractivity (Wildman–Crippen MR) is 69.8 cm³/mol. The first kappa shape index (κ1) is 14.0. The molecule has 0 aromatic carbocycles. The summed E-state index contributed by atoms with van der Waals surface area (Å²) in [6.07, 6.45) is 6.53. The summed E-state index contributed by atoms with van der Waals surface area (Å²) in [5, 5.41) is 0. The Morgan fingerprint density at radius 1 is 1.19 bits per heavy atom. The van der Waals surface area contributed by atoms with Gasteiger partial charge >= 0.3 is 0 Å². The van der Waals surface area contributed by atoms with Gasteiger partial charge in [0, 0.05) is 6.54 Å². The topological polar surface area (TPSA) is 12.5 Å². The molecule has 0 radical (unpaired) electrons. The molecule has 0 spiro atoms. The van der Waals surface area contributed by atoms with Crippen LogP contribution in [0.2, 0.25) is 0 Å². The molecule has 1 aliphatic rings. The highest BCUT2D eigenvalue weighted by molar-refractivity contribution is 4.72. The minimum atomic E-state index is 0.403. The zero-order valence-electron chi connectivity index (χ0n) is 11.4. The van der Waals surface area contributed by atoms with Crippen molar-refractivity contribution in [2.45, 2.75) is 52.9 Å². The van der Waals surface area contributed by atoms with E-state index in [0.29, 0.717) is 5.41 Å². The van der Waals surface area contributed by atoms with Crippen LogP contribution in [0, 0.1) is 5.41 Å². The Morgan fingerprint density at radius 2 is 1.88 bits per heavy atom. The van der Waals surface area contributed by atoms with Crippen molar-refractivity contribution in [2.24, 2.45) is 5.41 Å². The van der Waals surface area contributed by atoms with E-state index in [0.717, 1.165) is 19.8 Å².